The Labute approximate surface area is 130 Å². The van der Waals surface area contributed by atoms with E-state index in [0.29, 0.717) is 0 Å². The van der Waals surface area contributed by atoms with Crippen molar-refractivity contribution >= 4 is 15.7 Å². The molecule has 1 aromatic heterocycles. The summed E-state index contributed by atoms with van der Waals surface area (Å²) in [5.74, 6) is -1.22. The van der Waals surface area contributed by atoms with Crippen molar-refractivity contribution in [3.8, 4) is 5.69 Å². The Kier molecular flexibility index (Phi) is 3.78. The molecule has 3 aromatic rings. The highest BCUT2D eigenvalue weighted by Gasteiger charge is 2.15. The van der Waals surface area contributed by atoms with E-state index in [0.717, 1.165) is 30.3 Å². The molecule has 9 heteroatoms. The summed E-state index contributed by atoms with van der Waals surface area (Å²) in [5, 5.41) is 3.80. The lowest BCUT2D eigenvalue weighted by Crippen LogP contribution is -2.13. The van der Waals surface area contributed by atoms with Gasteiger partial charge in [-0.15, -0.1) is 0 Å². The van der Waals surface area contributed by atoms with Gasteiger partial charge in [-0.1, -0.05) is 0 Å². The Bertz CT molecular complexity index is 926. The van der Waals surface area contributed by atoms with Gasteiger partial charge < -0.3 is 0 Å². The molecule has 1 heterocycles. The van der Waals surface area contributed by atoms with Crippen LogP contribution in [-0.4, -0.2) is 23.2 Å². The van der Waals surface area contributed by atoms with Crippen LogP contribution in [0.2, 0.25) is 0 Å². The zero-order chi connectivity index (χ0) is 16.4. The maximum atomic E-state index is 14.1. The van der Waals surface area contributed by atoms with Gasteiger partial charge in [0.2, 0.25) is 0 Å². The lowest BCUT2D eigenvalue weighted by molar-refractivity contribution is 0.599. The van der Waals surface area contributed by atoms with Crippen LogP contribution in [-0.2, 0) is 10.0 Å². The second-order valence-corrected chi connectivity index (χ2v) is 6.25. The van der Waals surface area contributed by atoms with Crippen LogP contribution in [0.15, 0.2) is 60.0 Å². The highest BCUT2D eigenvalue weighted by atomic mass is 32.2. The van der Waals surface area contributed by atoms with Crippen LogP contribution in [0.5, 0.6) is 0 Å². The van der Waals surface area contributed by atoms with Gasteiger partial charge in [0.05, 0.1) is 10.6 Å². The van der Waals surface area contributed by atoms with Gasteiger partial charge in [-0.25, -0.2) is 26.9 Å². The molecule has 118 valence electrons. The Balaban J connectivity index is 1.88. The summed E-state index contributed by atoms with van der Waals surface area (Å²) >= 11 is 0. The normalized spacial score (nSPS) is 11.4. The van der Waals surface area contributed by atoms with Crippen molar-refractivity contribution < 1.29 is 17.2 Å². The molecule has 0 spiro atoms. The van der Waals surface area contributed by atoms with Crippen molar-refractivity contribution in [3.63, 3.8) is 0 Å². The molecule has 0 unspecified atom stereocenters. The molecule has 3 rings (SSSR count). The van der Waals surface area contributed by atoms with Gasteiger partial charge in [0.25, 0.3) is 10.0 Å². The Morgan fingerprint density at radius 3 is 2.39 bits per heavy atom. The molecule has 0 aliphatic heterocycles. The minimum atomic E-state index is -3.93. The first kappa shape index (κ1) is 15.1. The van der Waals surface area contributed by atoms with Crippen molar-refractivity contribution in [2.75, 3.05) is 4.72 Å². The number of nitrogens with zero attached hydrogens (tertiary/aromatic N) is 3. The van der Waals surface area contributed by atoms with Crippen LogP contribution in [0.4, 0.5) is 14.5 Å². The molecule has 0 atom stereocenters. The van der Waals surface area contributed by atoms with Crippen molar-refractivity contribution in [3.05, 3.63) is 66.8 Å². The smallest absolute Gasteiger partial charge is 0.261 e. The molecule has 0 fully saturated rings. The minimum Gasteiger partial charge on any atom is -0.280 e. The van der Waals surface area contributed by atoms with Gasteiger partial charge in [-0.05, 0) is 36.4 Å². The van der Waals surface area contributed by atoms with Crippen molar-refractivity contribution in [2.45, 2.75) is 4.90 Å². The lowest BCUT2D eigenvalue weighted by atomic mass is 10.3. The van der Waals surface area contributed by atoms with E-state index in [1.807, 2.05) is 0 Å². The number of sulfonamides is 1. The summed E-state index contributed by atoms with van der Waals surface area (Å²) in [6, 6.07) is 8.09. The molecule has 0 saturated heterocycles. The topological polar surface area (TPSA) is 76.9 Å². The number of nitrogens with one attached hydrogen (secondary N) is 1. The van der Waals surface area contributed by atoms with Gasteiger partial charge in [0.1, 0.15) is 24.2 Å². The van der Waals surface area contributed by atoms with Crippen LogP contribution in [0.25, 0.3) is 5.69 Å². The van der Waals surface area contributed by atoms with Gasteiger partial charge in [-0.3, -0.25) is 4.72 Å². The van der Waals surface area contributed by atoms with E-state index < -0.39 is 21.7 Å². The first-order chi connectivity index (χ1) is 11.0. The number of rotatable bonds is 4. The van der Waals surface area contributed by atoms with Gasteiger partial charge in [0.15, 0.2) is 5.82 Å². The molecular weight excluding hydrogens is 326 g/mol. The molecule has 0 amide bonds. The Morgan fingerprint density at radius 2 is 1.78 bits per heavy atom. The summed E-state index contributed by atoms with van der Waals surface area (Å²) < 4.78 is 54.7. The second kappa shape index (κ2) is 5.76. The molecule has 6 nitrogen and oxygen atoms in total. The Hall–Kier alpha value is -2.81. The molecule has 0 saturated carbocycles. The van der Waals surface area contributed by atoms with Crippen LogP contribution in [0.3, 0.4) is 0 Å². The standard InChI is InChI=1S/C14H10F2N4O2S/c15-10-1-4-12(5-2-10)23(21,22)19-11-3-6-14(13(16)7-11)20-9-17-8-18-20/h1-9,19H. The van der Waals surface area contributed by atoms with E-state index in [-0.39, 0.29) is 16.3 Å². The second-order valence-electron chi connectivity index (χ2n) is 4.57. The largest absolute Gasteiger partial charge is 0.280 e. The molecule has 2 aromatic carbocycles. The minimum absolute atomic E-state index is 0.0377. The van der Waals surface area contributed by atoms with Crippen molar-refractivity contribution in [1.29, 1.82) is 0 Å². The summed E-state index contributed by atoms with van der Waals surface area (Å²) in [4.78, 5) is 3.59. The van der Waals surface area contributed by atoms with E-state index >= 15 is 0 Å². The third-order valence-corrected chi connectivity index (χ3v) is 4.39. The fraction of sp³-hybridized carbons (Fsp3) is 0. The molecule has 1 N–H and O–H groups in total. The van der Waals surface area contributed by atoms with Crippen LogP contribution >= 0.6 is 0 Å². The lowest BCUT2D eigenvalue weighted by Gasteiger charge is -2.09. The molecule has 0 aliphatic carbocycles. The van der Waals surface area contributed by atoms with Crippen molar-refractivity contribution in [1.82, 2.24) is 14.8 Å². The number of benzene rings is 2. The number of hydrogen-bond donors (Lipinski definition) is 1. The summed E-state index contributed by atoms with van der Waals surface area (Å²) in [6.45, 7) is 0. The average molecular weight is 336 g/mol. The highest BCUT2D eigenvalue weighted by molar-refractivity contribution is 7.92. The number of aromatic nitrogens is 3. The quantitative estimate of drug-likeness (QED) is 0.793. The van der Waals surface area contributed by atoms with Gasteiger partial charge in [0, 0.05) is 6.07 Å². The third-order valence-electron chi connectivity index (χ3n) is 2.99. The predicted octanol–water partition coefficient (Wildman–Crippen LogP) is 2.35. The number of halogens is 2. The van der Waals surface area contributed by atoms with E-state index in [1.54, 1.807) is 0 Å². The maximum Gasteiger partial charge on any atom is 0.261 e. The molecule has 0 bridgehead atoms. The fourth-order valence-electron chi connectivity index (χ4n) is 1.92. The third kappa shape index (κ3) is 3.19. The predicted molar refractivity (Wildman–Crippen MR) is 78.5 cm³/mol. The number of hydrogen-bond acceptors (Lipinski definition) is 4. The summed E-state index contributed by atoms with van der Waals surface area (Å²) in [6.07, 6.45) is 2.57. The van der Waals surface area contributed by atoms with E-state index in [2.05, 4.69) is 14.8 Å². The highest BCUT2D eigenvalue weighted by Crippen LogP contribution is 2.20. The first-order valence-corrected chi connectivity index (χ1v) is 7.87. The molecule has 0 aliphatic rings. The molecular formula is C14H10F2N4O2S. The fourth-order valence-corrected chi connectivity index (χ4v) is 2.97. The summed E-state index contributed by atoms with van der Waals surface area (Å²) in [5.41, 5.74) is 0.169. The average Bonchev–Trinajstić information content (AvgIpc) is 3.01. The number of anilines is 1. The summed E-state index contributed by atoms with van der Waals surface area (Å²) in [7, 11) is -3.93. The van der Waals surface area contributed by atoms with Gasteiger partial charge in [-0.2, -0.15) is 5.10 Å². The molecule has 23 heavy (non-hydrogen) atoms. The van der Waals surface area contributed by atoms with E-state index in [1.165, 1.54) is 29.5 Å². The SMILES string of the molecule is O=S(=O)(Nc1ccc(-n2cncn2)c(F)c1)c1ccc(F)cc1. The zero-order valence-corrected chi connectivity index (χ0v) is 12.3. The molecule has 0 radical (unpaired) electrons. The first-order valence-electron chi connectivity index (χ1n) is 6.39. The monoisotopic (exact) mass is 336 g/mol. The Morgan fingerprint density at radius 1 is 1.04 bits per heavy atom. The van der Waals surface area contributed by atoms with E-state index in [4.69, 9.17) is 0 Å². The van der Waals surface area contributed by atoms with Gasteiger partial charge >= 0.3 is 0 Å². The van der Waals surface area contributed by atoms with Crippen LogP contribution < -0.4 is 4.72 Å². The van der Waals surface area contributed by atoms with Crippen molar-refractivity contribution in [2.24, 2.45) is 0 Å². The van der Waals surface area contributed by atoms with E-state index in [9.17, 15) is 17.2 Å². The van der Waals surface area contributed by atoms with Crippen LogP contribution in [0, 0.1) is 11.6 Å². The van der Waals surface area contributed by atoms with Crippen LogP contribution in [0.1, 0.15) is 0 Å². The maximum absolute atomic E-state index is 14.1. The zero-order valence-electron chi connectivity index (χ0n) is 11.5.